The summed E-state index contributed by atoms with van der Waals surface area (Å²) in [5.74, 6) is -2.63. The number of nitrogens with two attached hydrogens (primary N) is 2. The number of amides is 2. The molecule has 0 unspecified atom stereocenters. The Hall–Kier alpha value is -5.77. The first-order valence-electron chi connectivity index (χ1n) is 9.52. The van der Waals surface area contributed by atoms with Crippen LogP contribution in [0.5, 0.6) is 0 Å². The number of anilines is 1. The fourth-order valence-corrected chi connectivity index (χ4v) is 2.79. The highest BCUT2D eigenvalue weighted by Crippen LogP contribution is 2.32. The van der Waals surface area contributed by atoms with Gasteiger partial charge in [0.25, 0.3) is 17.6 Å². The molecule has 0 aliphatic carbocycles. The number of H-pyrrole nitrogens is 1. The van der Waals surface area contributed by atoms with Crippen LogP contribution in [0.3, 0.4) is 0 Å². The molecule has 0 aliphatic rings. The van der Waals surface area contributed by atoms with Crippen molar-refractivity contribution in [2.24, 2.45) is 21.7 Å². The quantitative estimate of drug-likeness (QED) is 0.217. The number of nitrogens with zero attached hydrogens (tertiary/aromatic N) is 11. The van der Waals surface area contributed by atoms with E-state index in [0.29, 0.717) is 0 Å². The van der Waals surface area contributed by atoms with Crippen molar-refractivity contribution in [1.82, 2.24) is 34.9 Å². The SMILES string of the molecule is [C-]#[N+]c1c(C#N)c(N=Nc2c(C(N)=O)nc(N(CC=C)CC=C)nc2C(N)=O)nn1-c1ncn[nH]1. The van der Waals surface area contributed by atoms with Crippen molar-refractivity contribution < 1.29 is 9.59 Å². The van der Waals surface area contributed by atoms with Crippen LogP contribution >= 0.6 is 0 Å². The predicted molar refractivity (Wildman–Crippen MR) is 120 cm³/mol. The smallest absolute Gasteiger partial charge is 0.327 e. The molecule has 0 radical (unpaired) electrons. The molecule has 0 bridgehead atoms. The Balaban J connectivity index is 2.20. The molecule has 3 aromatic rings. The maximum Gasteiger partial charge on any atom is 0.327 e. The largest absolute Gasteiger partial charge is 0.364 e. The summed E-state index contributed by atoms with van der Waals surface area (Å²) in [6.07, 6.45) is 4.28. The van der Waals surface area contributed by atoms with Gasteiger partial charge in [0.05, 0.1) is 6.07 Å². The molecule has 0 aromatic carbocycles. The van der Waals surface area contributed by atoms with Gasteiger partial charge in [-0.3, -0.25) is 9.59 Å². The minimum atomic E-state index is -1.04. The molecule has 2 amide bonds. The van der Waals surface area contributed by atoms with Gasteiger partial charge in [-0.2, -0.15) is 15.3 Å². The Kier molecular flexibility index (Phi) is 6.98. The van der Waals surface area contributed by atoms with Crippen molar-refractivity contribution in [3.63, 3.8) is 0 Å². The third kappa shape index (κ3) is 4.71. The van der Waals surface area contributed by atoms with Gasteiger partial charge in [0, 0.05) is 13.1 Å². The van der Waals surface area contributed by atoms with Gasteiger partial charge in [-0.15, -0.1) is 28.1 Å². The van der Waals surface area contributed by atoms with Gasteiger partial charge in [0.2, 0.25) is 11.8 Å². The zero-order valence-electron chi connectivity index (χ0n) is 18.0. The number of carbonyl (C=O) groups excluding carboxylic acids is 2. The van der Waals surface area contributed by atoms with Crippen LogP contribution in [0.25, 0.3) is 10.8 Å². The standard InChI is InChI=1S/C19H16N14O2/c1-4-6-32(7-5-2)19-26-12(14(21)34)11(13(27-19)15(22)35)28-29-16-10(8-20)17(23-3)33(31-16)18-24-9-25-30-18/h4-5,9H,1-2,6-7H2,(H2,21,34)(H2,22,35)(H,24,25,30). The normalized spacial score (nSPS) is 10.5. The van der Waals surface area contributed by atoms with Gasteiger partial charge >= 0.3 is 5.95 Å². The number of hydrogen-bond donors (Lipinski definition) is 3. The maximum atomic E-state index is 12.2. The van der Waals surface area contributed by atoms with E-state index in [2.05, 4.69) is 58.5 Å². The second-order valence-electron chi connectivity index (χ2n) is 6.45. The molecule has 174 valence electrons. The lowest BCUT2D eigenvalue weighted by molar-refractivity contribution is 0.0995. The number of aromatic nitrogens is 7. The summed E-state index contributed by atoms with van der Waals surface area (Å²) in [6.45, 7) is 15.2. The Morgan fingerprint density at radius 2 is 1.86 bits per heavy atom. The fourth-order valence-electron chi connectivity index (χ4n) is 2.79. The molecule has 3 rings (SSSR count). The lowest BCUT2D eigenvalue weighted by atomic mass is 10.2. The minimum Gasteiger partial charge on any atom is -0.364 e. The molecule has 3 aromatic heterocycles. The number of carbonyl (C=O) groups is 2. The minimum absolute atomic E-state index is 0.0433. The molecule has 0 spiro atoms. The van der Waals surface area contributed by atoms with Gasteiger partial charge in [0.15, 0.2) is 11.4 Å². The monoisotopic (exact) mass is 472 g/mol. The van der Waals surface area contributed by atoms with Crippen molar-refractivity contribution >= 4 is 35.1 Å². The van der Waals surface area contributed by atoms with Gasteiger partial charge in [-0.1, -0.05) is 23.8 Å². The van der Waals surface area contributed by atoms with Crippen LogP contribution in [0.4, 0.5) is 23.3 Å². The number of nitriles is 1. The lowest BCUT2D eigenvalue weighted by Gasteiger charge is -2.20. The number of aromatic amines is 1. The van der Waals surface area contributed by atoms with Crippen LogP contribution in [0, 0.1) is 17.9 Å². The van der Waals surface area contributed by atoms with E-state index < -0.39 is 28.9 Å². The Morgan fingerprint density at radius 1 is 1.23 bits per heavy atom. The van der Waals surface area contributed by atoms with Crippen molar-refractivity contribution in [3.8, 4) is 12.0 Å². The predicted octanol–water partition coefficient (Wildman–Crippen LogP) is 0.994. The summed E-state index contributed by atoms with van der Waals surface area (Å²) >= 11 is 0. The van der Waals surface area contributed by atoms with Crippen LogP contribution < -0.4 is 16.4 Å². The number of azo groups is 1. The highest BCUT2D eigenvalue weighted by Gasteiger charge is 2.26. The van der Waals surface area contributed by atoms with Crippen LogP contribution in [-0.2, 0) is 0 Å². The molecule has 35 heavy (non-hydrogen) atoms. The molecule has 0 fully saturated rings. The van der Waals surface area contributed by atoms with E-state index in [9.17, 15) is 14.9 Å². The average Bonchev–Trinajstić information content (AvgIpc) is 3.49. The second kappa shape index (κ2) is 10.2. The zero-order chi connectivity index (χ0) is 25.5. The zero-order valence-corrected chi connectivity index (χ0v) is 18.0. The summed E-state index contributed by atoms with van der Waals surface area (Å²) in [7, 11) is 0. The van der Waals surface area contributed by atoms with Crippen LogP contribution in [-0.4, -0.2) is 59.8 Å². The van der Waals surface area contributed by atoms with Crippen molar-refractivity contribution in [3.05, 3.63) is 60.0 Å². The maximum absolute atomic E-state index is 12.2. The summed E-state index contributed by atoms with van der Waals surface area (Å²) in [6, 6.07) is 1.81. The Labute approximate surface area is 197 Å². The molecule has 0 aliphatic heterocycles. The van der Waals surface area contributed by atoms with E-state index in [1.807, 2.05) is 6.07 Å². The van der Waals surface area contributed by atoms with E-state index in [1.54, 1.807) is 17.1 Å². The lowest BCUT2D eigenvalue weighted by Crippen LogP contribution is -2.29. The Morgan fingerprint density at radius 3 is 2.31 bits per heavy atom. The summed E-state index contributed by atoms with van der Waals surface area (Å²) < 4.78 is 0.999. The molecule has 16 nitrogen and oxygen atoms in total. The first-order chi connectivity index (χ1) is 16.9. The highest BCUT2D eigenvalue weighted by atomic mass is 16.1. The van der Waals surface area contributed by atoms with Gasteiger partial charge in [0.1, 0.15) is 17.6 Å². The van der Waals surface area contributed by atoms with E-state index >= 15 is 0 Å². The van der Waals surface area contributed by atoms with Crippen LogP contribution in [0.15, 0.2) is 41.9 Å². The molecular weight excluding hydrogens is 456 g/mol. The average molecular weight is 472 g/mol. The number of primary amides is 2. The van der Waals surface area contributed by atoms with Crippen LogP contribution in [0.1, 0.15) is 26.5 Å². The van der Waals surface area contributed by atoms with E-state index in [-0.39, 0.29) is 42.2 Å². The third-order valence-corrected chi connectivity index (χ3v) is 4.23. The molecule has 3 heterocycles. The molecule has 0 atom stereocenters. The van der Waals surface area contributed by atoms with E-state index in [4.69, 9.17) is 18.0 Å². The van der Waals surface area contributed by atoms with Crippen molar-refractivity contribution in [2.75, 3.05) is 18.0 Å². The number of hydrogen-bond acceptors (Lipinski definition) is 11. The molecule has 0 saturated heterocycles. The second-order valence-corrected chi connectivity index (χ2v) is 6.45. The van der Waals surface area contributed by atoms with Crippen molar-refractivity contribution in [1.29, 1.82) is 5.26 Å². The first kappa shape index (κ1) is 23.9. The Bertz CT molecular complexity index is 1380. The highest BCUT2D eigenvalue weighted by molar-refractivity contribution is 6.03. The fraction of sp³-hybridized carbons (Fsp3) is 0.105. The van der Waals surface area contributed by atoms with Gasteiger partial charge in [-0.05, 0) is 0 Å². The van der Waals surface area contributed by atoms with Gasteiger partial charge < -0.3 is 21.2 Å². The van der Waals surface area contributed by atoms with E-state index in [1.165, 1.54) is 6.33 Å². The molecular formula is C19H16N14O2. The summed E-state index contributed by atoms with van der Waals surface area (Å²) in [4.78, 5) is 41.3. The number of nitrogens with one attached hydrogen (secondary N) is 1. The molecule has 16 heteroatoms. The number of rotatable bonds is 10. The summed E-state index contributed by atoms with van der Waals surface area (Å²) in [5, 5.41) is 27.4. The third-order valence-electron chi connectivity index (χ3n) is 4.23. The molecule has 5 N–H and O–H groups in total. The van der Waals surface area contributed by atoms with Crippen LogP contribution in [0.2, 0.25) is 0 Å². The molecule has 0 saturated carbocycles. The summed E-state index contributed by atoms with van der Waals surface area (Å²) in [5.41, 5.74) is 9.34. The first-order valence-corrected chi connectivity index (χ1v) is 9.52. The van der Waals surface area contributed by atoms with Crippen molar-refractivity contribution in [2.45, 2.75) is 0 Å². The van der Waals surface area contributed by atoms with Gasteiger partial charge in [-0.25, -0.2) is 15.1 Å². The van der Waals surface area contributed by atoms with E-state index in [0.717, 1.165) is 4.68 Å². The topological polar surface area (TPSA) is 227 Å².